The highest BCUT2D eigenvalue weighted by molar-refractivity contribution is 5.85. The fraction of sp³-hybridized carbons (Fsp3) is 0.571. The summed E-state index contributed by atoms with van der Waals surface area (Å²) in [5.41, 5.74) is 8.90. The molecule has 0 radical (unpaired) electrons. The first-order chi connectivity index (χ1) is 4.75. The van der Waals surface area contributed by atoms with Crippen molar-refractivity contribution in [2.75, 3.05) is 6.54 Å². The second-order valence-corrected chi connectivity index (χ2v) is 2.45. The molecule has 1 heterocycles. The monoisotopic (exact) mass is 229 g/mol. The van der Waals surface area contributed by atoms with Gasteiger partial charge in [-0.2, -0.15) is 5.10 Å². The number of aromatic amines is 1. The molecule has 13 heavy (non-hydrogen) atoms. The van der Waals surface area contributed by atoms with E-state index in [-0.39, 0.29) is 30.3 Å². The van der Waals surface area contributed by atoms with Crippen LogP contribution in [0.2, 0.25) is 0 Å². The van der Waals surface area contributed by atoms with Crippen molar-refractivity contribution in [3.05, 3.63) is 17.0 Å². The molecule has 6 heteroatoms. The Hall–Kier alpha value is -0.290. The number of aromatic nitrogens is 2. The first-order valence-corrected chi connectivity index (χ1v) is 3.46. The zero-order valence-electron chi connectivity index (χ0n) is 7.76. The van der Waals surface area contributed by atoms with Gasteiger partial charge in [-0.1, -0.05) is 0 Å². The maximum absolute atomic E-state index is 5.42. The van der Waals surface area contributed by atoms with Crippen molar-refractivity contribution in [3.8, 4) is 0 Å². The van der Waals surface area contributed by atoms with Crippen LogP contribution in [0.4, 0.5) is 0 Å². The van der Waals surface area contributed by atoms with Gasteiger partial charge in [-0.3, -0.25) is 5.10 Å². The molecule has 0 spiro atoms. The SMILES string of the molecule is Cc1n[nH]c(C)c1CCN.Cl.Cl.O. The van der Waals surface area contributed by atoms with E-state index in [4.69, 9.17) is 5.73 Å². The van der Waals surface area contributed by atoms with E-state index in [0.717, 1.165) is 17.8 Å². The predicted octanol–water partition coefficient (Wildman–Crippen LogP) is 0.547. The van der Waals surface area contributed by atoms with Gasteiger partial charge in [0.25, 0.3) is 0 Å². The molecule has 0 aliphatic rings. The summed E-state index contributed by atoms with van der Waals surface area (Å²) in [6.45, 7) is 4.71. The lowest BCUT2D eigenvalue weighted by molar-refractivity contribution is 0.824. The van der Waals surface area contributed by atoms with Gasteiger partial charge in [0, 0.05) is 5.69 Å². The fourth-order valence-electron chi connectivity index (χ4n) is 1.09. The van der Waals surface area contributed by atoms with E-state index in [9.17, 15) is 0 Å². The maximum Gasteiger partial charge on any atom is 0.0626 e. The van der Waals surface area contributed by atoms with Crippen LogP contribution >= 0.6 is 24.8 Å². The minimum absolute atomic E-state index is 0. The third-order valence-corrected chi connectivity index (χ3v) is 1.68. The minimum atomic E-state index is 0. The zero-order chi connectivity index (χ0) is 7.56. The molecule has 0 unspecified atom stereocenters. The van der Waals surface area contributed by atoms with Crippen molar-refractivity contribution < 1.29 is 5.48 Å². The molecular formula is C7H17Cl2N3O. The van der Waals surface area contributed by atoms with Gasteiger partial charge in [-0.05, 0) is 32.4 Å². The Morgan fingerprint density at radius 1 is 1.31 bits per heavy atom. The van der Waals surface area contributed by atoms with Crippen LogP contribution in [0.25, 0.3) is 0 Å². The second kappa shape index (κ2) is 8.31. The normalized spacial score (nSPS) is 7.92. The molecule has 0 bridgehead atoms. The van der Waals surface area contributed by atoms with Gasteiger partial charge in [0.1, 0.15) is 0 Å². The van der Waals surface area contributed by atoms with Gasteiger partial charge in [0.2, 0.25) is 0 Å². The van der Waals surface area contributed by atoms with Crippen LogP contribution in [0.1, 0.15) is 17.0 Å². The van der Waals surface area contributed by atoms with Crippen LogP contribution in [0.5, 0.6) is 0 Å². The summed E-state index contributed by atoms with van der Waals surface area (Å²) in [6.07, 6.45) is 0.925. The molecule has 0 aliphatic heterocycles. The molecule has 1 rings (SSSR count). The Labute approximate surface area is 90.4 Å². The van der Waals surface area contributed by atoms with Crippen LogP contribution in [0, 0.1) is 13.8 Å². The first-order valence-electron chi connectivity index (χ1n) is 3.46. The molecule has 4 nitrogen and oxygen atoms in total. The molecule has 0 amide bonds. The lowest BCUT2D eigenvalue weighted by atomic mass is 10.1. The molecule has 1 aromatic heterocycles. The van der Waals surface area contributed by atoms with Crippen LogP contribution < -0.4 is 5.73 Å². The van der Waals surface area contributed by atoms with Crippen molar-refractivity contribution in [2.45, 2.75) is 20.3 Å². The number of aryl methyl sites for hydroxylation is 2. The Balaban J connectivity index is -0.000000333. The number of nitrogens with two attached hydrogens (primary N) is 1. The van der Waals surface area contributed by atoms with E-state index >= 15 is 0 Å². The molecule has 80 valence electrons. The van der Waals surface area contributed by atoms with E-state index in [2.05, 4.69) is 10.2 Å². The topological polar surface area (TPSA) is 86.2 Å². The number of nitrogens with zero attached hydrogens (tertiary/aromatic N) is 1. The minimum Gasteiger partial charge on any atom is -0.412 e. The number of rotatable bonds is 2. The summed E-state index contributed by atoms with van der Waals surface area (Å²) >= 11 is 0. The summed E-state index contributed by atoms with van der Waals surface area (Å²) < 4.78 is 0. The summed E-state index contributed by atoms with van der Waals surface area (Å²) in [5, 5.41) is 6.97. The van der Waals surface area contributed by atoms with Crippen molar-refractivity contribution in [1.82, 2.24) is 10.2 Å². The Kier molecular flexibility index (Phi) is 11.8. The Bertz CT molecular complexity index is 208. The Morgan fingerprint density at radius 3 is 2.15 bits per heavy atom. The third kappa shape index (κ3) is 4.47. The summed E-state index contributed by atoms with van der Waals surface area (Å²) in [6, 6.07) is 0. The van der Waals surface area contributed by atoms with E-state index in [1.807, 2.05) is 13.8 Å². The van der Waals surface area contributed by atoms with E-state index < -0.39 is 0 Å². The standard InChI is InChI=1S/C7H13N3.2ClH.H2O/c1-5-7(3-4-8)6(2)10-9-5;;;/h3-4,8H2,1-2H3,(H,9,10);2*1H;1H2. The zero-order valence-corrected chi connectivity index (χ0v) is 9.39. The smallest absolute Gasteiger partial charge is 0.0626 e. The first kappa shape index (κ1) is 18.5. The van der Waals surface area contributed by atoms with E-state index in [1.54, 1.807) is 0 Å². The number of H-pyrrole nitrogens is 1. The summed E-state index contributed by atoms with van der Waals surface area (Å²) in [7, 11) is 0. The highest BCUT2D eigenvalue weighted by Gasteiger charge is 2.03. The van der Waals surface area contributed by atoms with Crippen molar-refractivity contribution in [1.29, 1.82) is 0 Å². The molecule has 0 atom stereocenters. The lowest BCUT2D eigenvalue weighted by Crippen LogP contribution is -2.03. The van der Waals surface area contributed by atoms with Crippen molar-refractivity contribution in [3.63, 3.8) is 0 Å². The van der Waals surface area contributed by atoms with E-state index in [1.165, 1.54) is 5.56 Å². The highest BCUT2D eigenvalue weighted by Crippen LogP contribution is 2.08. The van der Waals surface area contributed by atoms with Crippen LogP contribution in [0.15, 0.2) is 0 Å². The van der Waals surface area contributed by atoms with Crippen LogP contribution in [0.3, 0.4) is 0 Å². The van der Waals surface area contributed by atoms with Gasteiger partial charge in [-0.25, -0.2) is 0 Å². The predicted molar refractivity (Wildman–Crippen MR) is 58.9 cm³/mol. The molecule has 0 saturated heterocycles. The summed E-state index contributed by atoms with van der Waals surface area (Å²) in [4.78, 5) is 0. The molecule has 0 aromatic carbocycles. The summed E-state index contributed by atoms with van der Waals surface area (Å²) in [5.74, 6) is 0. The third-order valence-electron chi connectivity index (χ3n) is 1.68. The molecule has 0 saturated carbocycles. The van der Waals surface area contributed by atoms with Gasteiger partial charge in [0.05, 0.1) is 5.69 Å². The average Bonchev–Trinajstić information content (AvgIpc) is 2.20. The van der Waals surface area contributed by atoms with E-state index in [0.29, 0.717) is 6.54 Å². The van der Waals surface area contributed by atoms with Gasteiger partial charge in [0.15, 0.2) is 0 Å². The van der Waals surface area contributed by atoms with Crippen LogP contribution in [-0.4, -0.2) is 22.2 Å². The largest absolute Gasteiger partial charge is 0.412 e. The van der Waals surface area contributed by atoms with Crippen molar-refractivity contribution in [2.24, 2.45) is 5.73 Å². The van der Waals surface area contributed by atoms with Crippen molar-refractivity contribution >= 4 is 24.8 Å². The molecular weight excluding hydrogens is 213 g/mol. The molecule has 5 N–H and O–H groups in total. The molecule has 1 aromatic rings. The van der Waals surface area contributed by atoms with Crippen LogP contribution in [-0.2, 0) is 6.42 Å². The Morgan fingerprint density at radius 2 is 1.85 bits per heavy atom. The molecule has 0 fully saturated rings. The average molecular weight is 230 g/mol. The number of hydrogen-bond donors (Lipinski definition) is 2. The molecule has 0 aliphatic carbocycles. The highest BCUT2D eigenvalue weighted by atomic mass is 35.5. The number of nitrogens with one attached hydrogen (secondary N) is 1. The quantitative estimate of drug-likeness (QED) is 0.777. The van der Waals surface area contributed by atoms with Gasteiger partial charge in [-0.15, -0.1) is 24.8 Å². The maximum atomic E-state index is 5.42. The number of hydrogen-bond acceptors (Lipinski definition) is 2. The van der Waals surface area contributed by atoms with Gasteiger partial charge >= 0.3 is 0 Å². The second-order valence-electron chi connectivity index (χ2n) is 2.45. The number of halogens is 2. The van der Waals surface area contributed by atoms with Gasteiger partial charge < -0.3 is 11.2 Å². The lowest BCUT2D eigenvalue weighted by Gasteiger charge is -1.95. The fourth-order valence-corrected chi connectivity index (χ4v) is 1.09.